The summed E-state index contributed by atoms with van der Waals surface area (Å²) in [6, 6.07) is 16.8. The summed E-state index contributed by atoms with van der Waals surface area (Å²) < 4.78 is 5.14. The maximum absolute atomic E-state index is 11.7. The van der Waals surface area contributed by atoms with Crippen molar-refractivity contribution in [1.82, 2.24) is 10.2 Å². The Bertz CT molecular complexity index is 868. The number of likely N-dealkylation sites (N-methyl/N-ethyl adjacent to an activating group) is 1. The maximum Gasteiger partial charge on any atom is 0.407 e. The van der Waals surface area contributed by atoms with E-state index in [4.69, 9.17) is 4.74 Å². The maximum atomic E-state index is 11.7. The van der Waals surface area contributed by atoms with Gasteiger partial charge in [0.2, 0.25) is 0 Å². The van der Waals surface area contributed by atoms with Crippen molar-refractivity contribution in [1.29, 1.82) is 0 Å². The molecule has 2 N–H and O–H groups in total. The highest BCUT2D eigenvalue weighted by Gasteiger charge is 2.19. The molecule has 2 aromatic carbocycles. The fraction of sp³-hybridized carbons (Fsp3) is 0.333. The lowest BCUT2D eigenvalue weighted by molar-refractivity contribution is -0.142. The number of hydrogen-bond acceptors (Lipinski definition) is 4. The summed E-state index contributed by atoms with van der Waals surface area (Å²) in [5.41, 5.74) is 2.90. The highest BCUT2D eigenvalue weighted by atomic mass is 16.5. The van der Waals surface area contributed by atoms with Crippen LogP contribution in [0, 0.1) is 11.8 Å². The van der Waals surface area contributed by atoms with Crippen LogP contribution in [0.3, 0.4) is 0 Å². The number of nitrogens with zero attached hydrogens (tertiary/aromatic N) is 1. The van der Waals surface area contributed by atoms with E-state index in [0.717, 1.165) is 16.7 Å². The molecule has 6 heteroatoms. The van der Waals surface area contributed by atoms with E-state index in [-0.39, 0.29) is 6.61 Å². The van der Waals surface area contributed by atoms with Crippen molar-refractivity contribution in [2.45, 2.75) is 31.9 Å². The van der Waals surface area contributed by atoms with Gasteiger partial charge in [-0.2, -0.15) is 0 Å². The molecule has 0 radical (unpaired) electrons. The zero-order valence-electron chi connectivity index (χ0n) is 17.4. The molecule has 6 nitrogen and oxygen atoms in total. The fourth-order valence-electron chi connectivity index (χ4n) is 2.83. The Morgan fingerprint density at radius 1 is 1.07 bits per heavy atom. The molecule has 0 bridgehead atoms. The Kier molecular flexibility index (Phi) is 9.43. The third-order valence-corrected chi connectivity index (χ3v) is 4.53. The molecule has 0 saturated carbocycles. The predicted molar refractivity (Wildman–Crippen MR) is 116 cm³/mol. The van der Waals surface area contributed by atoms with Gasteiger partial charge in [0, 0.05) is 18.5 Å². The van der Waals surface area contributed by atoms with Gasteiger partial charge in [0.15, 0.2) is 0 Å². The number of rotatable bonds is 9. The van der Waals surface area contributed by atoms with Gasteiger partial charge in [-0.15, -0.1) is 0 Å². The Hall–Kier alpha value is -3.30. The predicted octanol–water partition coefficient (Wildman–Crippen LogP) is 3.30. The fourth-order valence-corrected chi connectivity index (χ4v) is 2.83. The van der Waals surface area contributed by atoms with Gasteiger partial charge in [0.05, 0.1) is 0 Å². The first kappa shape index (κ1) is 23.0. The molecular weight excluding hydrogens is 380 g/mol. The van der Waals surface area contributed by atoms with Crippen molar-refractivity contribution in [3.05, 3.63) is 71.3 Å². The average molecular weight is 408 g/mol. The van der Waals surface area contributed by atoms with Gasteiger partial charge in [0.1, 0.15) is 12.6 Å². The Morgan fingerprint density at radius 2 is 1.77 bits per heavy atom. The number of alkyl carbamates (subject to hydrolysis) is 1. The van der Waals surface area contributed by atoms with E-state index in [1.54, 1.807) is 19.0 Å². The van der Waals surface area contributed by atoms with Gasteiger partial charge in [-0.3, -0.25) is 9.69 Å². The van der Waals surface area contributed by atoms with E-state index in [1.807, 2.05) is 54.6 Å². The minimum atomic E-state index is -0.806. The second-order valence-corrected chi connectivity index (χ2v) is 7.09. The van der Waals surface area contributed by atoms with Gasteiger partial charge in [0.25, 0.3) is 0 Å². The van der Waals surface area contributed by atoms with Crippen LogP contribution in [0.5, 0.6) is 0 Å². The standard InChI is InChI=1S/C24H28N2O4/c1-26(2)22(23(27)28)16-15-20-13-11-19(12-14-20)8-6-7-17-25-24(29)30-18-21-9-4-3-5-10-21/h3-5,9-14,22H,7,15-18H2,1-2H3,(H,25,29)(H,27,28)/t22-/m0/s1. The molecule has 30 heavy (non-hydrogen) atoms. The number of aliphatic carboxylic acids is 1. The van der Waals surface area contributed by atoms with Crippen molar-refractivity contribution in [2.24, 2.45) is 0 Å². The van der Waals surface area contributed by atoms with Gasteiger partial charge >= 0.3 is 12.1 Å². The first-order valence-corrected chi connectivity index (χ1v) is 9.87. The lowest BCUT2D eigenvalue weighted by atomic mass is 10.0. The van der Waals surface area contributed by atoms with Crippen molar-refractivity contribution < 1.29 is 19.4 Å². The van der Waals surface area contributed by atoms with Crippen LogP contribution in [0.15, 0.2) is 54.6 Å². The van der Waals surface area contributed by atoms with E-state index < -0.39 is 18.1 Å². The van der Waals surface area contributed by atoms with Gasteiger partial charge < -0.3 is 15.2 Å². The summed E-state index contributed by atoms with van der Waals surface area (Å²) in [5.74, 6) is 5.28. The smallest absolute Gasteiger partial charge is 0.407 e. The number of carbonyl (C=O) groups is 2. The SMILES string of the molecule is CN(C)[C@@H](CCc1ccc(C#CCCNC(=O)OCc2ccccc2)cc1)C(=O)O. The molecule has 0 aliphatic heterocycles. The molecule has 0 aliphatic rings. The van der Waals surface area contributed by atoms with Crippen LogP contribution >= 0.6 is 0 Å². The lowest BCUT2D eigenvalue weighted by Gasteiger charge is -2.19. The summed E-state index contributed by atoms with van der Waals surface area (Å²) in [5, 5.41) is 11.9. The van der Waals surface area contributed by atoms with Crippen LogP contribution in [-0.2, 0) is 22.6 Å². The second-order valence-electron chi connectivity index (χ2n) is 7.09. The quantitative estimate of drug-likeness (QED) is 0.492. The summed E-state index contributed by atoms with van der Waals surface area (Å²) >= 11 is 0. The number of carboxylic acids is 1. The molecule has 2 aromatic rings. The molecule has 158 valence electrons. The van der Waals surface area contributed by atoms with Crippen molar-refractivity contribution in [3.63, 3.8) is 0 Å². The molecule has 1 amide bonds. The van der Waals surface area contributed by atoms with E-state index >= 15 is 0 Å². The highest BCUT2D eigenvalue weighted by molar-refractivity contribution is 5.73. The van der Waals surface area contributed by atoms with Crippen LogP contribution < -0.4 is 5.32 Å². The van der Waals surface area contributed by atoms with Crippen molar-refractivity contribution in [2.75, 3.05) is 20.6 Å². The topological polar surface area (TPSA) is 78.9 Å². The number of hydrogen-bond donors (Lipinski definition) is 2. The molecule has 0 heterocycles. The Morgan fingerprint density at radius 3 is 2.40 bits per heavy atom. The molecule has 0 saturated heterocycles. The molecular formula is C24H28N2O4. The molecule has 0 fully saturated rings. The number of benzene rings is 2. The minimum absolute atomic E-state index is 0.243. The molecule has 0 unspecified atom stereocenters. The second kappa shape index (κ2) is 12.3. The number of ether oxygens (including phenoxy) is 1. The van der Waals surface area contributed by atoms with Gasteiger partial charge in [-0.05, 0) is 50.2 Å². The summed E-state index contributed by atoms with van der Waals surface area (Å²) in [6.07, 6.45) is 1.31. The van der Waals surface area contributed by atoms with Gasteiger partial charge in [-0.25, -0.2) is 4.79 Å². The molecule has 0 aliphatic carbocycles. The largest absolute Gasteiger partial charge is 0.480 e. The minimum Gasteiger partial charge on any atom is -0.480 e. The van der Waals surface area contributed by atoms with Crippen molar-refractivity contribution >= 4 is 12.1 Å². The van der Waals surface area contributed by atoms with Crippen molar-refractivity contribution in [3.8, 4) is 11.8 Å². The highest BCUT2D eigenvalue weighted by Crippen LogP contribution is 2.10. The zero-order chi connectivity index (χ0) is 21.8. The third kappa shape index (κ3) is 8.38. The molecule has 0 spiro atoms. The normalized spacial score (nSPS) is 11.3. The summed E-state index contributed by atoms with van der Waals surface area (Å²) in [6.45, 7) is 0.659. The Balaban J connectivity index is 1.68. The lowest BCUT2D eigenvalue weighted by Crippen LogP contribution is -2.35. The number of amides is 1. The third-order valence-electron chi connectivity index (χ3n) is 4.53. The first-order valence-electron chi connectivity index (χ1n) is 9.87. The van der Waals surface area contributed by atoms with Crippen LogP contribution in [-0.4, -0.2) is 48.8 Å². The number of nitrogens with one attached hydrogen (secondary N) is 1. The van der Waals surface area contributed by atoms with Crippen LogP contribution in [0.2, 0.25) is 0 Å². The number of carbonyl (C=O) groups excluding carboxylic acids is 1. The van der Waals surface area contributed by atoms with E-state index in [2.05, 4.69) is 17.2 Å². The van der Waals surface area contributed by atoms with Crippen LogP contribution in [0.4, 0.5) is 4.79 Å². The van der Waals surface area contributed by atoms with Gasteiger partial charge in [-0.1, -0.05) is 54.3 Å². The summed E-state index contributed by atoms with van der Waals surface area (Å²) in [4.78, 5) is 24.6. The van der Waals surface area contributed by atoms with Crippen LogP contribution in [0.25, 0.3) is 0 Å². The summed E-state index contributed by atoms with van der Waals surface area (Å²) in [7, 11) is 3.55. The number of aryl methyl sites for hydroxylation is 1. The first-order chi connectivity index (χ1) is 14.5. The molecule has 1 atom stereocenters. The van der Waals surface area contributed by atoms with Crippen LogP contribution in [0.1, 0.15) is 29.5 Å². The van der Waals surface area contributed by atoms with E-state index in [9.17, 15) is 14.7 Å². The zero-order valence-corrected chi connectivity index (χ0v) is 17.4. The Labute approximate surface area is 177 Å². The number of carboxylic acid groups (broad SMARTS) is 1. The molecule has 0 aromatic heterocycles. The van der Waals surface area contributed by atoms with E-state index in [1.165, 1.54) is 0 Å². The van der Waals surface area contributed by atoms with E-state index in [0.29, 0.717) is 25.8 Å². The average Bonchev–Trinajstić information content (AvgIpc) is 2.73. The molecule has 2 rings (SSSR count). The monoisotopic (exact) mass is 408 g/mol.